The minimum absolute atomic E-state index is 0.0333. The van der Waals surface area contributed by atoms with Crippen molar-refractivity contribution < 1.29 is 42.7 Å². The van der Waals surface area contributed by atoms with Crippen molar-refractivity contribution in [3.05, 3.63) is 85.1 Å². The molecule has 0 saturated heterocycles. The Hall–Kier alpha value is -2.85. The first-order valence-electron chi connectivity index (χ1n) is 20.1. The molecule has 0 amide bonds. The predicted octanol–water partition coefficient (Wildman–Crippen LogP) is 10.2. The van der Waals surface area contributed by atoms with Crippen LogP contribution in [0.3, 0.4) is 0 Å². The zero-order valence-electron chi connectivity index (χ0n) is 33.3. The SMILES string of the molecule is CC/C=C\C/C=C\C/C=C\CCCCCCCC(=O)O[C@H](COC(=O)CCC/C=C\C/C=C\C/C=C\C/C=C\CCC[C@@H](C)O)COP(=O)(O)OCCN. The van der Waals surface area contributed by atoms with Crippen molar-refractivity contribution in [2.75, 3.05) is 26.4 Å². The number of aliphatic hydroxyl groups excluding tert-OH is 1. The Morgan fingerprint density at radius 3 is 1.67 bits per heavy atom. The highest BCUT2D eigenvalue weighted by molar-refractivity contribution is 7.47. The molecule has 0 aromatic carbocycles. The van der Waals surface area contributed by atoms with Crippen molar-refractivity contribution in [1.82, 2.24) is 0 Å². The van der Waals surface area contributed by atoms with Gasteiger partial charge in [-0.3, -0.25) is 18.6 Å². The van der Waals surface area contributed by atoms with Gasteiger partial charge in [0.1, 0.15) is 6.61 Å². The molecule has 0 aromatic heterocycles. The molecule has 0 aliphatic heterocycles. The lowest BCUT2D eigenvalue weighted by atomic mass is 10.1. The van der Waals surface area contributed by atoms with E-state index in [1.807, 2.05) is 13.0 Å². The minimum Gasteiger partial charge on any atom is -0.462 e. The Balaban J connectivity index is 4.34. The quantitative estimate of drug-likeness (QED) is 0.0242. The van der Waals surface area contributed by atoms with Crippen molar-refractivity contribution >= 4 is 19.8 Å². The summed E-state index contributed by atoms with van der Waals surface area (Å²) in [5, 5.41) is 9.26. The number of esters is 2. The van der Waals surface area contributed by atoms with Gasteiger partial charge in [-0.2, -0.15) is 0 Å². The third-order valence-electron chi connectivity index (χ3n) is 7.78. The van der Waals surface area contributed by atoms with Gasteiger partial charge in [0.25, 0.3) is 0 Å². The van der Waals surface area contributed by atoms with Crippen LogP contribution in [0.5, 0.6) is 0 Å². The lowest BCUT2D eigenvalue weighted by Gasteiger charge is -2.19. The fraction of sp³-hybridized carbons (Fsp3) is 0.628. The molecule has 10 nitrogen and oxygen atoms in total. The summed E-state index contributed by atoms with van der Waals surface area (Å²) >= 11 is 0. The van der Waals surface area contributed by atoms with Crippen LogP contribution in [0.4, 0.5) is 0 Å². The van der Waals surface area contributed by atoms with Crippen LogP contribution in [0.2, 0.25) is 0 Å². The number of nitrogens with two attached hydrogens (primary N) is 1. The summed E-state index contributed by atoms with van der Waals surface area (Å²) in [7, 11) is -4.40. The summed E-state index contributed by atoms with van der Waals surface area (Å²) in [5.41, 5.74) is 5.33. The van der Waals surface area contributed by atoms with E-state index in [1.54, 1.807) is 0 Å². The molecule has 0 aliphatic rings. The standard InChI is InChI=1S/C43H72NO9P/c1-3-4-5-6-7-8-9-10-12-17-20-23-26-29-32-35-43(47)53-41(39-52-54(48,49)51-37-36-44)38-50-42(46)34-31-28-25-22-19-16-14-11-13-15-18-21-24-27-30-33-40(2)45/h4-5,7-8,10,12-16,21-22,24-25,40-41,45H,3,6,9,11,17-20,23,26-39,44H2,1-2H3,(H,48,49)/b5-4-,8-7-,12-10-,15-13-,16-14-,24-21-,25-22-/t40-,41-/m1/s1. The van der Waals surface area contributed by atoms with E-state index in [0.717, 1.165) is 89.9 Å². The molecule has 11 heteroatoms. The van der Waals surface area contributed by atoms with Crippen LogP contribution < -0.4 is 5.73 Å². The molecule has 4 N–H and O–H groups in total. The first kappa shape index (κ1) is 51.1. The maximum Gasteiger partial charge on any atom is 0.472 e. The molecule has 1 unspecified atom stereocenters. The number of unbranched alkanes of at least 4 members (excludes halogenated alkanes) is 7. The van der Waals surface area contributed by atoms with E-state index in [4.69, 9.17) is 24.3 Å². The van der Waals surface area contributed by atoms with Crippen molar-refractivity contribution in [3.8, 4) is 0 Å². The average Bonchev–Trinajstić information content (AvgIpc) is 3.14. The number of phosphoric acid groups is 1. The number of hydrogen-bond acceptors (Lipinski definition) is 9. The third kappa shape index (κ3) is 38.9. The van der Waals surface area contributed by atoms with Crippen LogP contribution in [0, 0.1) is 0 Å². The monoisotopic (exact) mass is 777 g/mol. The molecule has 54 heavy (non-hydrogen) atoms. The van der Waals surface area contributed by atoms with Gasteiger partial charge in [0.2, 0.25) is 0 Å². The summed E-state index contributed by atoms with van der Waals surface area (Å²) in [4.78, 5) is 34.8. The fourth-order valence-corrected chi connectivity index (χ4v) is 5.60. The highest BCUT2D eigenvalue weighted by Gasteiger charge is 2.25. The predicted molar refractivity (Wildman–Crippen MR) is 221 cm³/mol. The Morgan fingerprint density at radius 2 is 1.11 bits per heavy atom. The fourth-order valence-electron chi connectivity index (χ4n) is 4.83. The smallest absolute Gasteiger partial charge is 0.462 e. The number of aliphatic hydroxyl groups is 1. The Labute approximate surface area is 326 Å². The lowest BCUT2D eigenvalue weighted by molar-refractivity contribution is -0.161. The number of rotatable bonds is 36. The maximum absolute atomic E-state index is 12.5. The molecule has 0 fully saturated rings. The van der Waals surface area contributed by atoms with Crippen LogP contribution in [-0.2, 0) is 32.7 Å². The van der Waals surface area contributed by atoms with Gasteiger partial charge in [0.15, 0.2) is 6.10 Å². The van der Waals surface area contributed by atoms with Gasteiger partial charge in [-0.1, -0.05) is 111 Å². The van der Waals surface area contributed by atoms with Crippen LogP contribution in [0.15, 0.2) is 85.1 Å². The van der Waals surface area contributed by atoms with E-state index >= 15 is 0 Å². The Kier molecular flexibility index (Phi) is 36.4. The van der Waals surface area contributed by atoms with Gasteiger partial charge in [-0.15, -0.1) is 0 Å². The zero-order chi connectivity index (χ0) is 39.8. The summed E-state index contributed by atoms with van der Waals surface area (Å²) in [6.07, 6.45) is 44.6. The summed E-state index contributed by atoms with van der Waals surface area (Å²) < 4.78 is 32.6. The molecule has 308 valence electrons. The summed E-state index contributed by atoms with van der Waals surface area (Å²) in [6.45, 7) is 3.04. The molecular formula is C43H72NO9P. The Bertz CT molecular complexity index is 1170. The number of carbonyl (C=O) groups excluding carboxylic acids is 2. The number of ether oxygens (including phenoxy) is 2. The topological polar surface area (TPSA) is 155 Å². The van der Waals surface area contributed by atoms with Crippen molar-refractivity contribution in [1.29, 1.82) is 0 Å². The van der Waals surface area contributed by atoms with Gasteiger partial charge in [0, 0.05) is 19.4 Å². The van der Waals surface area contributed by atoms with Crippen molar-refractivity contribution in [3.63, 3.8) is 0 Å². The second-order valence-electron chi connectivity index (χ2n) is 13.0. The minimum atomic E-state index is -4.40. The van der Waals surface area contributed by atoms with Crippen molar-refractivity contribution in [2.24, 2.45) is 5.73 Å². The molecule has 0 rings (SSSR count). The molecule has 0 aromatic rings. The highest BCUT2D eigenvalue weighted by Crippen LogP contribution is 2.43. The van der Waals surface area contributed by atoms with Gasteiger partial charge < -0.3 is 25.2 Å². The number of hydrogen-bond donors (Lipinski definition) is 3. The van der Waals surface area contributed by atoms with E-state index in [0.29, 0.717) is 19.3 Å². The van der Waals surface area contributed by atoms with Gasteiger partial charge in [-0.25, -0.2) is 4.57 Å². The summed E-state index contributed by atoms with van der Waals surface area (Å²) in [5.74, 6) is -0.941. The molecule has 0 bridgehead atoms. The first-order valence-corrected chi connectivity index (χ1v) is 21.6. The maximum atomic E-state index is 12.5. The number of phosphoric ester groups is 1. The van der Waals surface area contributed by atoms with Crippen LogP contribution >= 0.6 is 7.82 Å². The van der Waals surface area contributed by atoms with Crippen LogP contribution in [-0.4, -0.2) is 60.5 Å². The molecule has 0 saturated carbocycles. The summed E-state index contributed by atoms with van der Waals surface area (Å²) in [6, 6.07) is 0. The van der Waals surface area contributed by atoms with Crippen LogP contribution in [0.25, 0.3) is 0 Å². The molecule has 0 radical (unpaired) electrons. The van der Waals surface area contributed by atoms with E-state index < -0.39 is 32.5 Å². The highest BCUT2D eigenvalue weighted by atomic mass is 31.2. The van der Waals surface area contributed by atoms with E-state index in [2.05, 4.69) is 85.9 Å². The zero-order valence-corrected chi connectivity index (χ0v) is 34.2. The normalized spacial score (nSPS) is 14.8. The third-order valence-corrected chi connectivity index (χ3v) is 8.77. The first-order chi connectivity index (χ1) is 26.2. The van der Waals surface area contributed by atoms with Gasteiger partial charge >= 0.3 is 19.8 Å². The Morgan fingerprint density at radius 1 is 0.630 bits per heavy atom. The second kappa shape index (κ2) is 38.4. The molecule has 0 heterocycles. The lowest BCUT2D eigenvalue weighted by Crippen LogP contribution is -2.29. The van der Waals surface area contributed by atoms with Crippen LogP contribution in [0.1, 0.15) is 136 Å². The molecule has 0 spiro atoms. The largest absolute Gasteiger partial charge is 0.472 e. The van der Waals surface area contributed by atoms with Gasteiger partial charge in [-0.05, 0) is 96.8 Å². The van der Waals surface area contributed by atoms with Gasteiger partial charge in [0.05, 0.1) is 19.3 Å². The molecular weight excluding hydrogens is 705 g/mol. The second-order valence-corrected chi connectivity index (χ2v) is 14.5. The average molecular weight is 778 g/mol. The number of allylic oxidation sites excluding steroid dienone is 14. The van der Waals surface area contributed by atoms with E-state index in [9.17, 15) is 24.2 Å². The van der Waals surface area contributed by atoms with E-state index in [-0.39, 0.29) is 38.7 Å². The van der Waals surface area contributed by atoms with E-state index in [1.165, 1.54) is 0 Å². The van der Waals surface area contributed by atoms with Crippen molar-refractivity contribution in [2.45, 2.75) is 148 Å². The molecule has 0 aliphatic carbocycles. The molecule has 3 atom stereocenters. The number of carbonyl (C=O) groups is 2.